The van der Waals surface area contributed by atoms with Gasteiger partial charge in [0, 0.05) is 30.4 Å². The molecule has 0 aliphatic heterocycles. The van der Waals surface area contributed by atoms with Gasteiger partial charge in [-0.05, 0) is 36.4 Å². The Kier molecular flexibility index (Phi) is 6.63. The molecule has 3 aromatic rings. The third-order valence-corrected chi connectivity index (χ3v) is 4.72. The molecule has 0 spiro atoms. The van der Waals surface area contributed by atoms with Crippen molar-refractivity contribution in [1.29, 1.82) is 0 Å². The van der Waals surface area contributed by atoms with Gasteiger partial charge in [-0.15, -0.1) is 0 Å². The first kappa shape index (κ1) is 19.9. The molecule has 0 unspecified atom stereocenters. The highest BCUT2D eigenvalue weighted by Gasteiger charge is 2.12. The summed E-state index contributed by atoms with van der Waals surface area (Å²) in [5.74, 6) is -0.426. The molecule has 0 radical (unpaired) electrons. The van der Waals surface area contributed by atoms with Crippen molar-refractivity contribution in [3.05, 3.63) is 104 Å². The maximum absolute atomic E-state index is 12.3. The van der Waals surface area contributed by atoms with E-state index in [2.05, 4.69) is 27.3 Å². The molecule has 28 heavy (non-hydrogen) atoms. The Hall–Kier alpha value is -2.89. The topological polar surface area (TPSA) is 65.2 Å². The lowest BCUT2D eigenvalue weighted by Crippen LogP contribution is -2.30. The predicted molar refractivity (Wildman–Crippen MR) is 111 cm³/mol. The van der Waals surface area contributed by atoms with Crippen LogP contribution in [-0.4, -0.2) is 22.8 Å². The summed E-state index contributed by atoms with van der Waals surface area (Å²) in [5.41, 5.74) is 2.44. The Bertz CT molecular complexity index is 1000. The number of hydrogen-bond acceptors (Lipinski definition) is 3. The number of nitrogens with one attached hydrogen (secondary N) is 2. The zero-order valence-corrected chi connectivity index (χ0v) is 16.4. The van der Waals surface area contributed by atoms with Crippen LogP contribution in [-0.2, 0) is 19.6 Å². The second-order valence-corrected chi connectivity index (χ2v) is 7.07. The van der Waals surface area contributed by atoms with E-state index in [0.29, 0.717) is 11.6 Å². The molecule has 2 aromatic carbocycles. The largest absolute Gasteiger partial charge is 0.348 e. The van der Waals surface area contributed by atoms with Crippen LogP contribution in [0.25, 0.3) is 0 Å². The fourth-order valence-corrected chi connectivity index (χ4v) is 3.14. The lowest BCUT2D eigenvalue weighted by Gasteiger charge is -2.16. The zero-order valence-electron chi connectivity index (χ0n) is 15.6. The molecule has 0 fully saturated rings. The van der Waals surface area contributed by atoms with E-state index in [-0.39, 0.29) is 12.1 Å². The smallest absolute Gasteiger partial charge is 0.261 e. The fraction of sp³-hybridized carbons (Fsp3) is 0.182. The van der Waals surface area contributed by atoms with E-state index >= 15 is 0 Å². The van der Waals surface area contributed by atoms with Gasteiger partial charge in [0.2, 0.25) is 0 Å². The van der Waals surface area contributed by atoms with E-state index in [4.69, 9.17) is 11.6 Å². The zero-order chi connectivity index (χ0) is 19.9. The van der Waals surface area contributed by atoms with Crippen molar-refractivity contribution in [2.45, 2.75) is 19.6 Å². The number of benzene rings is 2. The van der Waals surface area contributed by atoms with Gasteiger partial charge in [-0.25, -0.2) is 0 Å². The average Bonchev–Trinajstić information content (AvgIpc) is 2.68. The summed E-state index contributed by atoms with van der Waals surface area (Å²) in [4.78, 5) is 29.6. The summed E-state index contributed by atoms with van der Waals surface area (Å²) < 4.78 is 0. The second-order valence-electron chi connectivity index (χ2n) is 6.66. The van der Waals surface area contributed by atoms with Crippen molar-refractivity contribution < 1.29 is 4.79 Å². The molecule has 5 nitrogen and oxygen atoms in total. The first-order chi connectivity index (χ1) is 13.5. The highest BCUT2D eigenvalue weighted by molar-refractivity contribution is 6.31. The average molecular weight is 396 g/mol. The quantitative estimate of drug-likeness (QED) is 0.642. The Morgan fingerprint density at radius 1 is 1.00 bits per heavy atom. The minimum absolute atomic E-state index is 0.0847. The molecule has 0 aliphatic carbocycles. The Morgan fingerprint density at radius 3 is 2.43 bits per heavy atom. The normalized spacial score (nSPS) is 10.8. The third kappa shape index (κ3) is 5.31. The Morgan fingerprint density at radius 2 is 1.71 bits per heavy atom. The lowest BCUT2D eigenvalue weighted by molar-refractivity contribution is 0.0949. The number of H-pyrrole nitrogens is 1. The molecule has 3 rings (SSSR count). The van der Waals surface area contributed by atoms with Gasteiger partial charge < -0.3 is 10.3 Å². The number of rotatable bonds is 7. The van der Waals surface area contributed by atoms with Crippen LogP contribution >= 0.6 is 11.6 Å². The molecule has 0 aliphatic rings. The monoisotopic (exact) mass is 395 g/mol. The molecule has 0 bridgehead atoms. The van der Waals surface area contributed by atoms with E-state index in [1.807, 2.05) is 43.4 Å². The van der Waals surface area contributed by atoms with Crippen molar-refractivity contribution >= 4 is 17.5 Å². The van der Waals surface area contributed by atoms with Crippen molar-refractivity contribution in [1.82, 2.24) is 15.2 Å². The van der Waals surface area contributed by atoms with E-state index in [9.17, 15) is 9.59 Å². The number of halogens is 1. The summed E-state index contributed by atoms with van der Waals surface area (Å²) in [5, 5.41) is 3.31. The molecule has 1 amide bonds. The summed E-state index contributed by atoms with van der Waals surface area (Å²) >= 11 is 6.09. The fourth-order valence-electron chi connectivity index (χ4n) is 2.94. The Labute approximate surface area is 169 Å². The van der Waals surface area contributed by atoms with Crippen molar-refractivity contribution in [3.63, 3.8) is 0 Å². The van der Waals surface area contributed by atoms with E-state index in [1.54, 1.807) is 18.2 Å². The number of carbonyl (C=O) groups is 1. The number of pyridine rings is 1. The first-order valence-corrected chi connectivity index (χ1v) is 9.37. The molecule has 0 saturated carbocycles. The van der Waals surface area contributed by atoms with Crippen LogP contribution in [0.3, 0.4) is 0 Å². The molecule has 1 aromatic heterocycles. The van der Waals surface area contributed by atoms with Gasteiger partial charge in [0.1, 0.15) is 5.56 Å². The van der Waals surface area contributed by atoms with Crippen LogP contribution in [0.4, 0.5) is 0 Å². The van der Waals surface area contributed by atoms with Gasteiger partial charge in [-0.1, -0.05) is 60.1 Å². The SMILES string of the molecule is CN(Cc1ccccc1)Cc1ccc(C(=O)NCc2ccccc2Cl)c(=O)[nH]1. The van der Waals surface area contributed by atoms with Gasteiger partial charge >= 0.3 is 0 Å². The number of hydrogen-bond donors (Lipinski definition) is 2. The van der Waals surface area contributed by atoms with Crippen LogP contribution in [0.5, 0.6) is 0 Å². The van der Waals surface area contributed by atoms with Gasteiger partial charge in [-0.2, -0.15) is 0 Å². The number of amides is 1. The lowest BCUT2D eigenvalue weighted by atomic mass is 10.2. The van der Waals surface area contributed by atoms with Gasteiger partial charge in [0.15, 0.2) is 0 Å². The van der Waals surface area contributed by atoms with Crippen LogP contribution in [0.1, 0.15) is 27.2 Å². The molecule has 0 saturated heterocycles. The van der Waals surface area contributed by atoms with Crippen molar-refractivity contribution in [2.24, 2.45) is 0 Å². The Balaban J connectivity index is 1.61. The van der Waals surface area contributed by atoms with Gasteiger partial charge in [-0.3, -0.25) is 14.5 Å². The van der Waals surface area contributed by atoms with Crippen LogP contribution in [0, 0.1) is 0 Å². The van der Waals surface area contributed by atoms with Crippen LogP contribution in [0.15, 0.2) is 71.5 Å². The summed E-state index contributed by atoms with van der Waals surface area (Å²) in [6, 6.07) is 20.7. The maximum atomic E-state index is 12.3. The molecule has 144 valence electrons. The van der Waals surface area contributed by atoms with Crippen molar-refractivity contribution in [3.8, 4) is 0 Å². The number of nitrogens with zero attached hydrogens (tertiary/aromatic N) is 1. The second kappa shape index (κ2) is 9.35. The van der Waals surface area contributed by atoms with Crippen molar-refractivity contribution in [2.75, 3.05) is 7.05 Å². The van der Waals surface area contributed by atoms with Crippen LogP contribution < -0.4 is 10.9 Å². The molecule has 6 heteroatoms. The van der Waals surface area contributed by atoms with E-state index < -0.39 is 11.5 Å². The molecule has 0 atom stereocenters. The molecular formula is C22H22ClN3O2. The van der Waals surface area contributed by atoms with Gasteiger partial charge in [0.05, 0.1) is 0 Å². The van der Waals surface area contributed by atoms with E-state index in [0.717, 1.165) is 17.8 Å². The summed E-state index contributed by atoms with van der Waals surface area (Å²) in [6.07, 6.45) is 0. The maximum Gasteiger partial charge on any atom is 0.261 e. The number of carbonyl (C=O) groups excluding carboxylic acids is 1. The molecular weight excluding hydrogens is 374 g/mol. The highest BCUT2D eigenvalue weighted by atomic mass is 35.5. The molecule has 1 heterocycles. The number of aromatic amines is 1. The minimum Gasteiger partial charge on any atom is -0.348 e. The number of aromatic nitrogens is 1. The summed E-state index contributed by atoms with van der Waals surface area (Å²) in [7, 11) is 1.98. The van der Waals surface area contributed by atoms with E-state index in [1.165, 1.54) is 5.56 Å². The highest BCUT2D eigenvalue weighted by Crippen LogP contribution is 2.14. The molecule has 2 N–H and O–H groups in total. The summed E-state index contributed by atoms with van der Waals surface area (Å²) in [6.45, 7) is 1.61. The third-order valence-electron chi connectivity index (χ3n) is 4.35. The van der Waals surface area contributed by atoms with Crippen LogP contribution in [0.2, 0.25) is 5.02 Å². The predicted octanol–water partition coefficient (Wildman–Crippen LogP) is 3.59. The first-order valence-electron chi connectivity index (χ1n) is 8.99. The minimum atomic E-state index is -0.426. The standard InChI is InChI=1S/C22H22ClN3O2/c1-26(14-16-7-3-2-4-8-16)15-18-11-12-19(22(28)25-18)21(27)24-13-17-9-5-6-10-20(17)23/h2-12H,13-15H2,1H3,(H,24,27)(H,25,28). The van der Waals surface area contributed by atoms with Gasteiger partial charge in [0.25, 0.3) is 11.5 Å².